The first-order valence-electron chi connectivity index (χ1n) is 7.32. The Hall–Kier alpha value is -1.44. The lowest BCUT2D eigenvalue weighted by atomic mass is 9.99. The number of nitrogens with one attached hydrogen (secondary N) is 1. The zero-order chi connectivity index (χ0) is 16.8. The van der Waals surface area contributed by atoms with E-state index in [0.717, 1.165) is 0 Å². The van der Waals surface area contributed by atoms with Crippen LogP contribution in [0.4, 0.5) is 0 Å². The summed E-state index contributed by atoms with van der Waals surface area (Å²) in [4.78, 5) is 23.8. The molecule has 0 unspecified atom stereocenters. The molecule has 1 heterocycles. The Balaban J connectivity index is 2.16. The van der Waals surface area contributed by atoms with E-state index in [9.17, 15) is 9.59 Å². The summed E-state index contributed by atoms with van der Waals surface area (Å²) in [7, 11) is 1.54. The van der Waals surface area contributed by atoms with E-state index >= 15 is 0 Å². The van der Waals surface area contributed by atoms with Crippen LogP contribution < -0.4 is 5.32 Å². The fourth-order valence-electron chi connectivity index (χ4n) is 2.53. The number of carbonyl (C=O) groups is 2. The number of esters is 1. The summed E-state index contributed by atoms with van der Waals surface area (Å²) in [5.74, 6) is -0.641. The molecule has 4 atom stereocenters. The van der Waals surface area contributed by atoms with Gasteiger partial charge in [-0.3, -0.25) is 4.79 Å². The van der Waals surface area contributed by atoms with Crippen LogP contribution in [-0.2, 0) is 19.0 Å². The molecule has 6 nitrogen and oxygen atoms in total. The quantitative estimate of drug-likeness (QED) is 0.618. The van der Waals surface area contributed by atoms with Gasteiger partial charge in [-0.2, -0.15) is 0 Å². The maximum atomic E-state index is 12.3. The molecule has 1 aliphatic rings. The molecule has 1 amide bonds. The van der Waals surface area contributed by atoms with E-state index in [1.165, 1.54) is 14.0 Å². The molecule has 0 spiro atoms. The maximum Gasteiger partial charge on any atom is 0.338 e. The van der Waals surface area contributed by atoms with Crippen LogP contribution in [0.3, 0.4) is 0 Å². The number of hydrogen-bond acceptors (Lipinski definition) is 5. The second kappa shape index (κ2) is 8.42. The first-order chi connectivity index (χ1) is 11.0. The Labute approximate surface area is 143 Å². The van der Waals surface area contributed by atoms with Crippen LogP contribution in [0.2, 0.25) is 0 Å². The number of amides is 1. The van der Waals surface area contributed by atoms with Crippen molar-refractivity contribution < 1.29 is 23.8 Å². The highest BCUT2D eigenvalue weighted by Crippen LogP contribution is 2.25. The average molecular weight is 386 g/mol. The van der Waals surface area contributed by atoms with Crippen molar-refractivity contribution in [2.24, 2.45) is 0 Å². The van der Waals surface area contributed by atoms with E-state index in [4.69, 9.17) is 14.2 Å². The van der Waals surface area contributed by atoms with Crippen molar-refractivity contribution in [3.8, 4) is 0 Å². The zero-order valence-corrected chi connectivity index (χ0v) is 14.6. The summed E-state index contributed by atoms with van der Waals surface area (Å²) in [5.41, 5.74) is 0.455. The van der Waals surface area contributed by atoms with Gasteiger partial charge in [-0.15, -0.1) is 0 Å². The zero-order valence-electron chi connectivity index (χ0n) is 13.0. The van der Waals surface area contributed by atoms with E-state index in [1.54, 1.807) is 24.3 Å². The fraction of sp³-hybridized carbons (Fsp3) is 0.500. The van der Waals surface area contributed by atoms with Crippen LogP contribution in [0.1, 0.15) is 23.7 Å². The minimum absolute atomic E-state index is 0.194. The molecule has 126 valence electrons. The second-order valence-corrected chi connectivity index (χ2v) is 5.92. The Bertz CT molecular complexity index is 539. The minimum atomic E-state index is -0.600. The predicted molar refractivity (Wildman–Crippen MR) is 87.3 cm³/mol. The van der Waals surface area contributed by atoms with Crippen molar-refractivity contribution in [3.05, 3.63) is 35.9 Å². The van der Waals surface area contributed by atoms with Gasteiger partial charge in [-0.1, -0.05) is 34.1 Å². The summed E-state index contributed by atoms with van der Waals surface area (Å²) in [6, 6.07) is 8.35. The minimum Gasteiger partial charge on any atom is -0.454 e. The molecule has 1 saturated heterocycles. The number of methoxy groups -OCH3 is 1. The first kappa shape index (κ1) is 17.9. The SMILES string of the molecule is CO[C@@H]1C[C@H](NC(C)=O)[C@@H](OC(=O)c2ccccc2)[C@H](CBr)O1. The van der Waals surface area contributed by atoms with Crippen molar-refractivity contribution in [3.63, 3.8) is 0 Å². The molecule has 1 aromatic rings. The lowest BCUT2D eigenvalue weighted by Gasteiger charge is -2.40. The van der Waals surface area contributed by atoms with Crippen molar-refractivity contribution in [1.29, 1.82) is 0 Å². The maximum absolute atomic E-state index is 12.3. The van der Waals surface area contributed by atoms with Crippen molar-refractivity contribution >= 4 is 27.8 Å². The predicted octanol–water partition coefficient (Wildman–Crippen LogP) is 1.87. The molecule has 1 aromatic carbocycles. The monoisotopic (exact) mass is 385 g/mol. The number of carbonyl (C=O) groups excluding carboxylic acids is 2. The smallest absolute Gasteiger partial charge is 0.338 e. The highest BCUT2D eigenvalue weighted by Gasteiger charge is 2.41. The molecule has 2 rings (SSSR count). The molecule has 0 radical (unpaired) electrons. The number of alkyl halides is 1. The molecule has 7 heteroatoms. The Morgan fingerprint density at radius 2 is 2.04 bits per heavy atom. The largest absolute Gasteiger partial charge is 0.454 e. The first-order valence-corrected chi connectivity index (χ1v) is 8.44. The average Bonchev–Trinajstić information content (AvgIpc) is 2.56. The Morgan fingerprint density at radius 3 is 2.61 bits per heavy atom. The Kier molecular flexibility index (Phi) is 6.56. The molecule has 1 aliphatic heterocycles. The van der Waals surface area contributed by atoms with Gasteiger partial charge in [0.05, 0.1) is 11.6 Å². The van der Waals surface area contributed by atoms with Crippen molar-refractivity contribution in [1.82, 2.24) is 5.32 Å². The van der Waals surface area contributed by atoms with E-state index < -0.39 is 24.5 Å². The summed E-state index contributed by atoms with van der Waals surface area (Å²) in [6.07, 6.45) is -1.07. The van der Waals surface area contributed by atoms with Crippen LogP contribution in [0.15, 0.2) is 30.3 Å². The topological polar surface area (TPSA) is 73.9 Å². The van der Waals surface area contributed by atoms with Crippen LogP contribution >= 0.6 is 15.9 Å². The van der Waals surface area contributed by atoms with E-state index in [-0.39, 0.29) is 11.9 Å². The number of hydrogen-bond donors (Lipinski definition) is 1. The second-order valence-electron chi connectivity index (χ2n) is 5.27. The lowest BCUT2D eigenvalue weighted by molar-refractivity contribution is -0.213. The molecule has 0 bridgehead atoms. The normalized spacial score (nSPS) is 27.3. The molecule has 0 aromatic heterocycles. The van der Waals surface area contributed by atoms with Crippen LogP contribution in [0.5, 0.6) is 0 Å². The van der Waals surface area contributed by atoms with Gasteiger partial charge in [0.25, 0.3) is 0 Å². The fourth-order valence-corrected chi connectivity index (χ4v) is 3.05. The van der Waals surface area contributed by atoms with Gasteiger partial charge in [0.2, 0.25) is 5.91 Å². The van der Waals surface area contributed by atoms with Crippen LogP contribution in [0.25, 0.3) is 0 Å². The van der Waals surface area contributed by atoms with E-state index in [2.05, 4.69) is 21.2 Å². The van der Waals surface area contributed by atoms with Crippen LogP contribution in [0, 0.1) is 0 Å². The van der Waals surface area contributed by atoms with E-state index in [0.29, 0.717) is 17.3 Å². The summed E-state index contributed by atoms with van der Waals surface area (Å²) >= 11 is 3.36. The summed E-state index contributed by atoms with van der Waals surface area (Å²) in [5, 5.41) is 3.27. The number of rotatable bonds is 5. The number of halogens is 1. The van der Waals surface area contributed by atoms with Gasteiger partial charge in [0.15, 0.2) is 6.29 Å². The number of benzene rings is 1. The van der Waals surface area contributed by atoms with Gasteiger partial charge in [0, 0.05) is 25.8 Å². The van der Waals surface area contributed by atoms with Crippen molar-refractivity contribution in [2.45, 2.75) is 37.9 Å². The molecule has 1 N–H and O–H groups in total. The third kappa shape index (κ3) is 4.76. The summed E-state index contributed by atoms with van der Waals surface area (Å²) < 4.78 is 16.6. The highest BCUT2D eigenvalue weighted by molar-refractivity contribution is 9.09. The van der Waals surface area contributed by atoms with Gasteiger partial charge < -0.3 is 19.5 Å². The van der Waals surface area contributed by atoms with Crippen LogP contribution in [-0.4, -0.2) is 48.9 Å². The Morgan fingerprint density at radius 1 is 1.35 bits per heavy atom. The third-order valence-electron chi connectivity index (χ3n) is 3.59. The molecule has 23 heavy (non-hydrogen) atoms. The molecule has 0 saturated carbocycles. The van der Waals surface area contributed by atoms with Gasteiger partial charge in [-0.25, -0.2) is 4.79 Å². The highest BCUT2D eigenvalue weighted by atomic mass is 79.9. The molecular weight excluding hydrogens is 366 g/mol. The van der Waals surface area contributed by atoms with Gasteiger partial charge in [-0.05, 0) is 12.1 Å². The van der Waals surface area contributed by atoms with Gasteiger partial charge >= 0.3 is 5.97 Å². The standard InChI is InChI=1S/C16H20BrNO5/c1-10(19)18-12-8-14(21-2)22-13(9-17)15(12)23-16(20)11-6-4-3-5-7-11/h3-7,12-15H,8-9H2,1-2H3,(H,18,19)/t12-,13-,14-,15+/m0/s1. The van der Waals surface area contributed by atoms with Gasteiger partial charge in [0.1, 0.15) is 12.2 Å². The van der Waals surface area contributed by atoms with Crippen molar-refractivity contribution in [2.75, 3.05) is 12.4 Å². The molecule has 0 aliphatic carbocycles. The number of ether oxygens (including phenoxy) is 3. The third-order valence-corrected chi connectivity index (χ3v) is 4.23. The molecular formula is C16H20BrNO5. The lowest BCUT2D eigenvalue weighted by Crippen LogP contribution is -2.57. The summed E-state index contributed by atoms with van der Waals surface area (Å²) in [6.45, 7) is 1.43. The molecule has 1 fully saturated rings. The van der Waals surface area contributed by atoms with E-state index in [1.807, 2.05) is 6.07 Å².